The van der Waals surface area contributed by atoms with Crippen molar-refractivity contribution in [3.63, 3.8) is 0 Å². The van der Waals surface area contributed by atoms with Gasteiger partial charge in [0.1, 0.15) is 6.61 Å². The van der Waals surface area contributed by atoms with E-state index in [1.54, 1.807) is 0 Å². The van der Waals surface area contributed by atoms with Gasteiger partial charge in [0, 0.05) is 21.7 Å². The summed E-state index contributed by atoms with van der Waals surface area (Å²) in [7, 11) is 0. The van der Waals surface area contributed by atoms with Crippen molar-refractivity contribution in [1.29, 1.82) is 0 Å². The lowest BCUT2D eigenvalue weighted by molar-refractivity contribution is 0.312. The fourth-order valence-corrected chi connectivity index (χ4v) is 9.06. The number of aromatic nitrogens is 2. The number of benzene rings is 9. The molecule has 0 bridgehead atoms. The van der Waals surface area contributed by atoms with Crippen LogP contribution in [-0.4, -0.2) is 27.6 Å². The molecule has 11 rings (SSSR count). The van der Waals surface area contributed by atoms with Crippen LogP contribution in [0, 0.1) is 0 Å². The van der Waals surface area contributed by atoms with Gasteiger partial charge in [0.05, 0.1) is 45.4 Å². The van der Waals surface area contributed by atoms with E-state index in [-0.39, 0.29) is 0 Å². The molecule has 0 radical (unpaired) electrons. The number of aliphatic imine (C=N–C) groups is 3. The second-order valence-corrected chi connectivity index (χ2v) is 16.3. The van der Waals surface area contributed by atoms with Crippen LogP contribution in [-0.2, 0) is 13.2 Å². The summed E-state index contributed by atoms with van der Waals surface area (Å²) in [5.41, 5.74) is 19.8. The lowest BCUT2D eigenvalue weighted by Crippen LogP contribution is -2.14. The number of ether oxygens (including phenoxy) is 1. The first-order valence-corrected chi connectivity index (χ1v) is 23.0. The molecular weight excluding hydrogens is 833 g/mol. The van der Waals surface area contributed by atoms with Crippen LogP contribution in [0.2, 0.25) is 0 Å². The van der Waals surface area contributed by atoms with E-state index in [0.29, 0.717) is 36.4 Å². The van der Waals surface area contributed by atoms with Crippen LogP contribution < -0.4 is 10.5 Å². The number of para-hydroxylation sites is 2. The van der Waals surface area contributed by atoms with Crippen molar-refractivity contribution in [3.8, 4) is 33.7 Å². The van der Waals surface area contributed by atoms with Gasteiger partial charge in [-0.3, -0.25) is 4.57 Å². The Morgan fingerprint density at radius 1 is 0.529 bits per heavy atom. The summed E-state index contributed by atoms with van der Waals surface area (Å²) < 4.78 is 11.3. The summed E-state index contributed by atoms with van der Waals surface area (Å²) in [6.07, 6.45) is 0. The van der Waals surface area contributed by atoms with Crippen molar-refractivity contribution in [2.45, 2.75) is 27.0 Å². The molecule has 2 heterocycles. The van der Waals surface area contributed by atoms with Crippen LogP contribution in [0.4, 0.5) is 5.69 Å². The van der Waals surface area contributed by atoms with Gasteiger partial charge in [0.2, 0.25) is 5.96 Å². The van der Waals surface area contributed by atoms with Gasteiger partial charge in [-0.25, -0.2) is 9.98 Å². The molecule has 0 spiro atoms. The number of nitrogens with zero attached hydrogens (tertiary/aromatic N) is 5. The molecule has 0 aliphatic rings. The molecule has 11 aromatic rings. The molecule has 0 fully saturated rings. The fourth-order valence-electron chi connectivity index (χ4n) is 9.06. The fraction of sp³-hybridized carbons (Fsp3) is 0.0656. The Balaban J connectivity index is 0.00000266. The molecule has 330 valence electrons. The minimum absolute atomic E-state index is 0.337. The van der Waals surface area contributed by atoms with E-state index in [0.717, 1.165) is 88.2 Å². The topological polar surface area (TPSA) is 82.2 Å². The second-order valence-electron chi connectivity index (χ2n) is 16.3. The quantitative estimate of drug-likeness (QED) is 0.0890. The van der Waals surface area contributed by atoms with Gasteiger partial charge in [-0.05, 0) is 76.5 Å². The molecule has 68 heavy (non-hydrogen) atoms. The van der Waals surface area contributed by atoms with E-state index in [2.05, 4.69) is 173 Å². The monoisotopic (exact) mass is 882 g/mol. The lowest BCUT2D eigenvalue weighted by atomic mass is 10.0. The first-order valence-electron chi connectivity index (χ1n) is 23.0. The Morgan fingerprint density at radius 2 is 1.10 bits per heavy atom. The van der Waals surface area contributed by atoms with Crippen molar-refractivity contribution in [2.24, 2.45) is 15.0 Å². The molecule has 0 atom stereocenters. The summed E-state index contributed by atoms with van der Waals surface area (Å²) >= 11 is 0. The standard InChI is InChI=1S/C59H44N6O.C2H6/c1-61-58(45-23-12-5-13-24-45)63-59(62-38-40-29-31-44(32-30-40)42-19-8-3-9-20-42)65-53-36-34-50(60)57(66-39-41-17-6-2-7-18-41)55(53)48-26-16-28-54(56(48)65)64-51-27-15-14-25-47(51)49-37-46(33-35-52(49)64)43-21-10-4-11-22-43;1-2/h2-37H,1,38-39,60H2;1-2H3/b62-59?,63-58-;. The van der Waals surface area contributed by atoms with Crippen LogP contribution >= 0.6 is 0 Å². The van der Waals surface area contributed by atoms with E-state index in [9.17, 15) is 0 Å². The predicted molar refractivity (Wildman–Crippen MR) is 287 cm³/mol. The molecule has 0 aliphatic carbocycles. The van der Waals surface area contributed by atoms with Gasteiger partial charge >= 0.3 is 0 Å². The highest BCUT2D eigenvalue weighted by Crippen LogP contribution is 2.44. The van der Waals surface area contributed by atoms with Crippen LogP contribution in [0.3, 0.4) is 0 Å². The minimum atomic E-state index is 0.337. The zero-order valence-corrected chi connectivity index (χ0v) is 38.1. The predicted octanol–water partition coefficient (Wildman–Crippen LogP) is 15.0. The van der Waals surface area contributed by atoms with Crippen molar-refractivity contribution >= 4 is 67.8 Å². The molecule has 0 saturated heterocycles. The average Bonchev–Trinajstić information content (AvgIpc) is 3.93. The molecule has 7 heteroatoms. The van der Waals surface area contributed by atoms with E-state index in [4.69, 9.17) is 20.5 Å². The summed E-state index contributed by atoms with van der Waals surface area (Å²) in [6, 6.07) is 75.3. The zero-order valence-electron chi connectivity index (χ0n) is 38.1. The number of anilines is 1. The van der Waals surface area contributed by atoms with Crippen LogP contribution in [0.25, 0.3) is 71.6 Å². The van der Waals surface area contributed by atoms with Crippen LogP contribution in [0.1, 0.15) is 30.5 Å². The highest BCUT2D eigenvalue weighted by atomic mass is 16.5. The zero-order chi connectivity index (χ0) is 46.4. The van der Waals surface area contributed by atoms with Crippen molar-refractivity contribution in [1.82, 2.24) is 9.13 Å². The highest BCUT2D eigenvalue weighted by Gasteiger charge is 2.25. The Labute approximate surface area is 396 Å². The van der Waals surface area contributed by atoms with E-state index in [1.807, 2.05) is 80.6 Å². The van der Waals surface area contributed by atoms with Crippen LogP contribution in [0.15, 0.2) is 233 Å². The van der Waals surface area contributed by atoms with Gasteiger partial charge in [-0.15, -0.1) is 0 Å². The third kappa shape index (κ3) is 8.22. The number of fused-ring (bicyclic) bond motifs is 6. The van der Waals surface area contributed by atoms with Crippen LogP contribution in [0.5, 0.6) is 5.75 Å². The number of hydrogen-bond acceptors (Lipinski definition) is 3. The van der Waals surface area contributed by atoms with Gasteiger partial charge < -0.3 is 15.0 Å². The Kier molecular flexibility index (Phi) is 12.3. The van der Waals surface area contributed by atoms with E-state index in [1.165, 1.54) is 0 Å². The summed E-state index contributed by atoms with van der Waals surface area (Å²) in [5, 5.41) is 4.09. The van der Waals surface area contributed by atoms with Gasteiger partial charge in [0.15, 0.2) is 11.6 Å². The SMILES string of the molecule is C=N/C(=N\C(=NCc1ccc(-c2ccccc2)cc1)n1c2ccc(N)c(OCc3ccccc3)c2c2cccc(-n3c4ccccc4c4cc(-c5ccccc5)ccc43)c21)c1ccccc1.CC. The largest absolute Gasteiger partial charge is 0.486 e. The molecule has 7 nitrogen and oxygen atoms in total. The molecule has 2 aromatic heterocycles. The second kappa shape index (κ2) is 19.3. The Morgan fingerprint density at radius 3 is 1.81 bits per heavy atom. The Hall–Kier alpha value is -8.81. The third-order valence-corrected chi connectivity index (χ3v) is 12.2. The normalized spacial score (nSPS) is 11.8. The van der Waals surface area contributed by atoms with Gasteiger partial charge in [-0.1, -0.05) is 196 Å². The molecule has 0 amide bonds. The number of amidine groups is 1. The highest BCUT2D eigenvalue weighted by molar-refractivity contribution is 6.22. The number of rotatable bonds is 9. The van der Waals surface area contributed by atoms with Crippen molar-refractivity contribution < 1.29 is 4.74 Å². The van der Waals surface area contributed by atoms with Gasteiger partial charge in [-0.2, -0.15) is 4.99 Å². The minimum Gasteiger partial charge on any atom is -0.486 e. The smallest absolute Gasteiger partial charge is 0.232 e. The van der Waals surface area contributed by atoms with Crippen molar-refractivity contribution in [3.05, 3.63) is 235 Å². The molecule has 9 aromatic carbocycles. The summed E-state index contributed by atoms with van der Waals surface area (Å²) in [5.74, 6) is 1.48. The van der Waals surface area contributed by atoms with Crippen molar-refractivity contribution in [2.75, 3.05) is 5.73 Å². The maximum absolute atomic E-state index is 6.92. The molecule has 0 saturated carbocycles. The first-order chi connectivity index (χ1) is 33.6. The lowest BCUT2D eigenvalue weighted by Gasteiger charge is -2.15. The number of nitrogens with two attached hydrogens (primary N) is 1. The first kappa shape index (κ1) is 43.1. The number of hydrogen-bond donors (Lipinski definition) is 1. The van der Waals surface area contributed by atoms with Gasteiger partial charge in [0.25, 0.3) is 0 Å². The molecule has 2 N–H and O–H groups in total. The summed E-state index contributed by atoms with van der Waals surface area (Å²) in [4.78, 5) is 15.3. The number of nitrogen functional groups attached to an aromatic ring is 1. The molecule has 0 aliphatic heterocycles. The molecular formula is C61H50N6O. The summed E-state index contributed by atoms with van der Waals surface area (Å²) in [6.45, 7) is 8.69. The molecule has 0 unspecified atom stereocenters. The maximum Gasteiger partial charge on any atom is 0.232 e. The Bertz CT molecular complexity index is 3610. The van der Waals surface area contributed by atoms with E-state index >= 15 is 0 Å². The maximum atomic E-state index is 6.92. The third-order valence-electron chi connectivity index (χ3n) is 12.2. The van der Waals surface area contributed by atoms with E-state index < -0.39 is 0 Å². The average molecular weight is 883 g/mol.